The van der Waals surface area contributed by atoms with Gasteiger partial charge < -0.3 is 11.1 Å². The molecule has 0 saturated heterocycles. The van der Waals surface area contributed by atoms with Gasteiger partial charge in [0, 0.05) is 5.69 Å². The lowest BCUT2D eigenvalue weighted by Gasteiger charge is -2.15. The summed E-state index contributed by atoms with van der Waals surface area (Å²) in [6, 6.07) is 9.33. The zero-order valence-corrected chi connectivity index (χ0v) is 13.1. The maximum atomic E-state index is 12.1. The first kappa shape index (κ1) is 14.1. The van der Waals surface area contributed by atoms with Crippen molar-refractivity contribution in [1.29, 1.82) is 0 Å². The second kappa shape index (κ2) is 5.75. The van der Waals surface area contributed by atoms with Gasteiger partial charge in [0.15, 0.2) is 0 Å². The van der Waals surface area contributed by atoms with Crippen LogP contribution in [0.2, 0.25) is 0 Å². The number of nitrogens with one attached hydrogen (secondary N) is 1. The van der Waals surface area contributed by atoms with E-state index in [1.54, 1.807) is 0 Å². The number of hydrogen-bond donors (Lipinski definition) is 2. The molecule has 0 saturated carbocycles. The molecule has 1 unspecified atom stereocenters. The highest BCUT2D eigenvalue weighted by molar-refractivity contribution is 9.11. The molecule has 3 N–H and O–H groups in total. The number of aryl methyl sites for hydroxylation is 1. The van der Waals surface area contributed by atoms with Crippen LogP contribution in [0.4, 0.5) is 5.69 Å². The Morgan fingerprint density at radius 1 is 1.42 bits per heavy atom. The van der Waals surface area contributed by atoms with Crippen LogP contribution < -0.4 is 11.1 Å². The number of nitrogens with two attached hydrogens (primary N) is 1. The van der Waals surface area contributed by atoms with Crippen molar-refractivity contribution in [1.82, 2.24) is 5.32 Å². The summed E-state index contributed by atoms with van der Waals surface area (Å²) in [4.78, 5) is 12.8. The van der Waals surface area contributed by atoms with E-state index in [0.717, 1.165) is 14.9 Å². The van der Waals surface area contributed by atoms with E-state index in [1.807, 2.05) is 44.2 Å². The largest absolute Gasteiger partial charge is 0.398 e. The molecule has 0 fully saturated rings. The Morgan fingerprint density at radius 3 is 2.68 bits per heavy atom. The van der Waals surface area contributed by atoms with Gasteiger partial charge in [-0.15, -0.1) is 11.3 Å². The molecular formula is C14H15BrN2OS. The molecular weight excluding hydrogens is 324 g/mol. The minimum absolute atomic E-state index is 0.0745. The number of hydrogen-bond acceptors (Lipinski definition) is 3. The van der Waals surface area contributed by atoms with E-state index in [9.17, 15) is 4.79 Å². The van der Waals surface area contributed by atoms with Crippen LogP contribution in [0.25, 0.3) is 0 Å². The molecule has 0 radical (unpaired) electrons. The van der Waals surface area contributed by atoms with Crippen molar-refractivity contribution < 1.29 is 4.79 Å². The molecule has 0 aliphatic carbocycles. The third-order valence-corrected chi connectivity index (χ3v) is 5.03. The fourth-order valence-electron chi connectivity index (χ4n) is 1.82. The first-order valence-electron chi connectivity index (χ1n) is 5.90. The van der Waals surface area contributed by atoms with Crippen LogP contribution in [0.5, 0.6) is 0 Å². The van der Waals surface area contributed by atoms with Crippen molar-refractivity contribution in [2.24, 2.45) is 0 Å². The smallest absolute Gasteiger partial charge is 0.261 e. The monoisotopic (exact) mass is 338 g/mol. The number of para-hydroxylation sites is 1. The third-order valence-electron chi connectivity index (χ3n) is 2.89. The number of carbonyl (C=O) groups is 1. The van der Waals surface area contributed by atoms with Crippen LogP contribution in [0.3, 0.4) is 0 Å². The number of benzene rings is 1. The Balaban J connectivity index is 2.13. The SMILES string of the molecule is Cc1cc(C(=O)NC(C)c2ccccc2N)sc1Br. The lowest BCUT2D eigenvalue weighted by atomic mass is 10.1. The molecule has 2 rings (SSSR count). The molecule has 19 heavy (non-hydrogen) atoms. The summed E-state index contributed by atoms with van der Waals surface area (Å²) in [6.07, 6.45) is 0. The maximum absolute atomic E-state index is 12.1. The van der Waals surface area contributed by atoms with Crippen LogP contribution >= 0.6 is 27.3 Å². The van der Waals surface area contributed by atoms with Crippen LogP contribution in [-0.4, -0.2) is 5.91 Å². The summed E-state index contributed by atoms with van der Waals surface area (Å²) in [5, 5.41) is 2.96. The number of thiophene rings is 1. The molecule has 1 aromatic heterocycles. The lowest BCUT2D eigenvalue weighted by molar-refractivity contribution is 0.0944. The van der Waals surface area contributed by atoms with Gasteiger partial charge >= 0.3 is 0 Å². The van der Waals surface area contributed by atoms with Gasteiger partial charge in [-0.2, -0.15) is 0 Å². The van der Waals surface area contributed by atoms with Crippen molar-refractivity contribution in [2.45, 2.75) is 19.9 Å². The van der Waals surface area contributed by atoms with E-state index >= 15 is 0 Å². The molecule has 1 atom stereocenters. The first-order valence-corrected chi connectivity index (χ1v) is 7.51. The zero-order chi connectivity index (χ0) is 14.0. The van der Waals surface area contributed by atoms with Gasteiger partial charge in [-0.1, -0.05) is 18.2 Å². The molecule has 0 aliphatic rings. The summed E-state index contributed by atoms with van der Waals surface area (Å²) >= 11 is 4.86. The number of rotatable bonds is 3. The quantitative estimate of drug-likeness (QED) is 0.834. The van der Waals surface area contributed by atoms with Crippen molar-refractivity contribution in [3.63, 3.8) is 0 Å². The standard InChI is InChI=1S/C14H15BrN2OS/c1-8-7-12(19-13(8)15)14(18)17-9(2)10-5-3-4-6-11(10)16/h3-7,9H,16H2,1-2H3,(H,17,18). The summed E-state index contributed by atoms with van der Waals surface area (Å²) in [6.45, 7) is 3.90. The van der Waals surface area contributed by atoms with Crippen molar-refractivity contribution in [2.75, 3.05) is 5.73 Å². The predicted octanol–water partition coefficient (Wildman–Crippen LogP) is 3.89. The highest BCUT2D eigenvalue weighted by Gasteiger charge is 2.15. The van der Waals surface area contributed by atoms with Crippen LogP contribution in [0.1, 0.15) is 33.8 Å². The van der Waals surface area contributed by atoms with Crippen LogP contribution in [0, 0.1) is 6.92 Å². The Kier molecular flexibility index (Phi) is 4.27. The predicted molar refractivity (Wildman–Crippen MR) is 83.5 cm³/mol. The van der Waals surface area contributed by atoms with Crippen molar-refractivity contribution in [3.05, 3.63) is 50.1 Å². The number of carbonyl (C=O) groups excluding carboxylic acids is 1. The van der Waals surface area contributed by atoms with Gasteiger partial charge in [-0.3, -0.25) is 4.79 Å². The molecule has 2 aromatic rings. The Labute approximate surface area is 125 Å². The second-order valence-corrected chi connectivity index (χ2v) is 6.76. The fourth-order valence-corrected chi connectivity index (χ4v) is 3.26. The summed E-state index contributed by atoms with van der Waals surface area (Å²) < 4.78 is 0.990. The van der Waals surface area contributed by atoms with Crippen LogP contribution in [0.15, 0.2) is 34.1 Å². The number of nitrogen functional groups attached to an aromatic ring is 1. The number of halogens is 1. The third kappa shape index (κ3) is 3.16. The lowest BCUT2D eigenvalue weighted by Crippen LogP contribution is -2.26. The molecule has 0 spiro atoms. The van der Waals surface area contributed by atoms with Gasteiger partial charge in [0.1, 0.15) is 0 Å². The fraction of sp³-hybridized carbons (Fsp3) is 0.214. The number of anilines is 1. The highest BCUT2D eigenvalue weighted by Crippen LogP contribution is 2.28. The van der Waals surface area contributed by atoms with E-state index in [0.29, 0.717) is 10.6 Å². The molecule has 0 bridgehead atoms. The molecule has 5 heteroatoms. The van der Waals surface area contributed by atoms with Crippen LogP contribution in [-0.2, 0) is 0 Å². The van der Waals surface area contributed by atoms with Gasteiger partial charge in [0.2, 0.25) is 0 Å². The van der Waals surface area contributed by atoms with E-state index < -0.39 is 0 Å². The minimum atomic E-state index is -0.116. The normalized spacial score (nSPS) is 12.2. The Hall–Kier alpha value is -1.33. The Bertz CT molecular complexity index is 590. The average molecular weight is 339 g/mol. The van der Waals surface area contributed by atoms with Gasteiger partial charge in [-0.05, 0) is 53.0 Å². The highest BCUT2D eigenvalue weighted by atomic mass is 79.9. The topological polar surface area (TPSA) is 55.1 Å². The summed E-state index contributed by atoms with van der Waals surface area (Å²) in [5.41, 5.74) is 8.61. The average Bonchev–Trinajstić information content (AvgIpc) is 2.70. The molecule has 1 aromatic carbocycles. The van der Waals surface area contributed by atoms with E-state index in [-0.39, 0.29) is 11.9 Å². The second-order valence-electron chi connectivity index (χ2n) is 4.39. The van der Waals surface area contributed by atoms with Crippen molar-refractivity contribution >= 4 is 38.9 Å². The molecule has 1 amide bonds. The van der Waals surface area contributed by atoms with E-state index in [2.05, 4.69) is 21.2 Å². The zero-order valence-electron chi connectivity index (χ0n) is 10.7. The Morgan fingerprint density at radius 2 is 2.11 bits per heavy atom. The van der Waals surface area contributed by atoms with Crippen molar-refractivity contribution in [3.8, 4) is 0 Å². The van der Waals surface area contributed by atoms with E-state index in [1.165, 1.54) is 11.3 Å². The van der Waals surface area contributed by atoms with Gasteiger partial charge in [0.05, 0.1) is 14.7 Å². The van der Waals surface area contributed by atoms with Gasteiger partial charge in [-0.25, -0.2) is 0 Å². The maximum Gasteiger partial charge on any atom is 0.261 e. The molecule has 100 valence electrons. The summed E-state index contributed by atoms with van der Waals surface area (Å²) in [7, 11) is 0. The molecule has 0 aliphatic heterocycles. The summed E-state index contributed by atoms with van der Waals surface area (Å²) in [5.74, 6) is -0.0745. The molecule has 1 heterocycles. The minimum Gasteiger partial charge on any atom is -0.398 e. The van der Waals surface area contributed by atoms with E-state index in [4.69, 9.17) is 5.73 Å². The van der Waals surface area contributed by atoms with Gasteiger partial charge in [0.25, 0.3) is 5.91 Å². The molecule has 3 nitrogen and oxygen atoms in total. The first-order chi connectivity index (χ1) is 8.99. The number of amides is 1.